The molecule has 2 aromatic rings. The second kappa shape index (κ2) is 6.89. The van der Waals surface area contributed by atoms with Crippen molar-refractivity contribution in [2.75, 3.05) is 6.61 Å². The Morgan fingerprint density at radius 2 is 1.77 bits per heavy atom. The van der Waals surface area contributed by atoms with Crippen molar-refractivity contribution in [3.8, 4) is 0 Å². The van der Waals surface area contributed by atoms with Crippen molar-refractivity contribution in [1.29, 1.82) is 0 Å². The number of allylic oxidation sites excluding steroid dienone is 1. The van der Waals surface area contributed by atoms with Gasteiger partial charge in [0.25, 0.3) is 0 Å². The molecule has 0 aliphatic carbocycles. The minimum atomic E-state index is -1.10. The van der Waals surface area contributed by atoms with E-state index in [0.717, 1.165) is 16.3 Å². The molecule has 0 fully saturated rings. The molecule has 0 unspecified atom stereocenters. The Balaban J connectivity index is 2.43. The lowest BCUT2D eigenvalue weighted by molar-refractivity contribution is -0.144. The molecule has 0 saturated carbocycles. The maximum atomic E-state index is 11.6. The molecule has 0 atom stereocenters. The maximum absolute atomic E-state index is 11.6. The minimum Gasteiger partial charge on any atom is -0.478 e. The highest BCUT2D eigenvalue weighted by Gasteiger charge is 2.17. The van der Waals surface area contributed by atoms with Gasteiger partial charge in [-0.15, -0.1) is 0 Å². The van der Waals surface area contributed by atoms with Crippen LogP contribution in [0.2, 0.25) is 0 Å². The predicted molar refractivity (Wildman–Crippen MR) is 85.4 cm³/mol. The number of ether oxygens (including phenoxy) is 1. The molecule has 0 saturated heterocycles. The first-order chi connectivity index (χ1) is 10.5. The van der Waals surface area contributed by atoms with Crippen LogP contribution in [-0.4, -0.2) is 23.7 Å². The normalized spacial score (nSPS) is 11.9. The third kappa shape index (κ3) is 3.52. The number of esters is 1. The number of benzene rings is 2. The number of fused-ring (bicyclic) bond motifs is 1. The van der Waals surface area contributed by atoms with Crippen molar-refractivity contribution in [3.05, 3.63) is 53.6 Å². The fourth-order valence-electron chi connectivity index (χ4n) is 2.32. The lowest BCUT2D eigenvalue weighted by Gasteiger charge is -2.10. The van der Waals surface area contributed by atoms with Crippen molar-refractivity contribution >= 4 is 28.3 Å². The molecule has 4 heteroatoms. The Labute approximate surface area is 129 Å². The fraction of sp³-hybridized carbons (Fsp3) is 0.222. The van der Waals surface area contributed by atoms with Gasteiger partial charge in [-0.3, -0.25) is 4.79 Å². The average Bonchev–Trinajstić information content (AvgIpc) is 2.51. The van der Waals surface area contributed by atoms with Gasteiger partial charge >= 0.3 is 11.9 Å². The first kappa shape index (κ1) is 15.8. The lowest BCUT2D eigenvalue weighted by atomic mass is 9.97. The van der Waals surface area contributed by atoms with Crippen molar-refractivity contribution in [1.82, 2.24) is 0 Å². The van der Waals surface area contributed by atoms with Gasteiger partial charge in [-0.25, -0.2) is 4.79 Å². The van der Waals surface area contributed by atoms with Crippen molar-refractivity contribution in [2.45, 2.75) is 20.3 Å². The van der Waals surface area contributed by atoms with E-state index >= 15 is 0 Å². The summed E-state index contributed by atoms with van der Waals surface area (Å²) >= 11 is 0. The number of carbonyl (C=O) groups is 2. The SMILES string of the molecule is CCOC(=O)C/C(C(=O)O)=C(\C)c1ccc2ccccc2c1. The van der Waals surface area contributed by atoms with E-state index in [2.05, 4.69) is 0 Å². The Hall–Kier alpha value is -2.62. The predicted octanol–water partition coefficient (Wildman–Crippen LogP) is 3.65. The van der Waals surface area contributed by atoms with Gasteiger partial charge in [-0.2, -0.15) is 0 Å². The summed E-state index contributed by atoms with van der Waals surface area (Å²) < 4.78 is 4.84. The number of carbonyl (C=O) groups excluding carboxylic acids is 1. The van der Waals surface area contributed by atoms with Crippen LogP contribution in [0.1, 0.15) is 25.8 Å². The van der Waals surface area contributed by atoms with Gasteiger partial charge in [-0.05, 0) is 41.8 Å². The van der Waals surface area contributed by atoms with E-state index in [-0.39, 0.29) is 18.6 Å². The van der Waals surface area contributed by atoms with E-state index < -0.39 is 11.9 Å². The van der Waals surface area contributed by atoms with E-state index in [0.29, 0.717) is 5.57 Å². The molecule has 0 aliphatic heterocycles. The summed E-state index contributed by atoms with van der Waals surface area (Å²) in [5.74, 6) is -1.63. The van der Waals surface area contributed by atoms with Crippen LogP contribution in [-0.2, 0) is 14.3 Å². The zero-order valence-electron chi connectivity index (χ0n) is 12.6. The van der Waals surface area contributed by atoms with Crippen LogP contribution < -0.4 is 0 Å². The molecule has 2 aromatic carbocycles. The van der Waals surface area contributed by atoms with Gasteiger partial charge in [0.1, 0.15) is 0 Å². The Kier molecular flexibility index (Phi) is 4.94. The third-order valence-electron chi connectivity index (χ3n) is 3.52. The van der Waals surface area contributed by atoms with E-state index in [1.807, 2.05) is 42.5 Å². The minimum absolute atomic E-state index is 0.0636. The smallest absolute Gasteiger partial charge is 0.332 e. The van der Waals surface area contributed by atoms with E-state index in [1.54, 1.807) is 13.8 Å². The zero-order valence-corrected chi connectivity index (χ0v) is 12.6. The van der Waals surface area contributed by atoms with Crippen molar-refractivity contribution < 1.29 is 19.4 Å². The van der Waals surface area contributed by atoms with Gasteiger partial charge in [0.15, 0.2) is 0 Å². The second-order valence-electron chi connectivity index (χ2n) is 4.95. The monoisotopic (exact) mass is 298 g/mol. The van der Waals surface area contributed by atoms with E-state index in [4.69, 9.17) is 4.74 Å². The summed E-state index contributed by atoms with van der Waals surface area (Å²) in [7, 11) is 0. The summed E-state index contributed by atoms with van der Waals surface area (Å²) in [6.45, 7) is 3.64. The van der Waals surface area contributed by atoms with Crippen LogP contribution in [0, 0.1) is 0 Å². The van der Waals surface area contributed by atoms with E-state index in [9.17, 15) is 14.7 Å². The molecule has 0 spiro atoms. The zero-order chi connectivity index (χ0) is 16.1. The van der Waals surface area contributed by atoms with Gasteiger partial charge in [0, 0.05) is 0 Å². The number of hydrogen-bond donors (Lipinski definition) is 1. The molecule has 114 valence electrons. The molecule has 0 amide bonds. The number of hydrogen-bond acceptors (Lipinski definition) is 3. The van der Waals surface area contributed by atoms with Gasteiger partial charge in [0.05, 0.1) is 18.6 Å². The van der Waals surface area contributed by atoms with Gasteiger partial charge in [-0.1, -0.05) is 36.4 Å². The summed E-state index contributed by atoms with van der Waals surface area (Å²) in [6.07, 6.45) is -0.234. The highest BCUT2D eigenvalue weighted by molar-refractivity contribution is 6.01. The molecule has 22 heavy (non-hydrogen) atoms. The fourth-order valence-corrected chi connectivity index (χ4v) is 2.32. The number of carboxylic acid groups (broad SMARTS) is 1. The van der Waals surface area contributed by atoms with Crippen LogP contribution >= 0.6 is 0 Å². The molecule has 0 aromatic heterocycles. The number of aliphatic carboxylic acids is 1. The average molecular weight is 298 g/mol. The molecular weight excluding hydrogens is 280 g/mol. The van der Waals surface area contributed by atoms with E-state index in [1.165, 1.54) is 0 Å². The number of rotatable bonds is 5. The summed E-state index contributed by atoms with van der Waals surface area (Å²) in [5, 5.41) is 11.5. The highest BCUT2D eigenvalue weighted by Crippen LogP contribution is 2.25. The van der Waals surface area contributed by atoms with Crippen LogP contribution in [0.4, 0.5) is 0 Å². The number of carboxylic acids is 1. The quantitative estimate of drug-likeness (QED) is 0.676. The summed E-state index contributed by atoms with van der Waals surface area (Å²) in [4.78, 5) is 23.0. The van der Waals surface area contributed by atoms with Crippen LogP contribution in [0.5, 0.6) is 0 Å². The summed E-state index contributed by atoms with van der Waals surface area (Å²) in [6, 6.07) is 13.6. The molecule has 0 aliphatic rings. The molecule has 0 radical (unpaired) electrons. The van der Waals surface area contributed by atoms with Crippen LogP contribution in [0.25, 0.3) is 16.3 Å². The first-order valence-corrected chi connectivity index (χ1v) is 7.10. The third-order valence-corrected chi connectivity index (χ3v) is 3.52. The lowest BCUT2D eigenvalue weighted by Crippen LogP contribution is -2.12. The molecule has 4 nitrogen and oxygen atoms in total. The van der Waals surface area contributed by atoms with Crippen LogP contribution in [0.15, 0.2) is 48.0 Å². The first-order valence-electron chi connectivity index (χ1n) is 7.10. The Morgan fingerprint density at radius 1 is 1.09 bits per heavy atom. The maximum Gasteiger partial charge on any atom is 0.332 e. The molecule has 0 heterocycles. The Morgan fingerprint density at radius 3 is 2.41 bits per heavy atom. The largest absolute Gasteiger partial charge is 0.478 e. The molecule has 1 N–H and O–H groups in total. The topological polar surface area (TPSA) is 63.6 Å². The van der Waals surface area contributed by atoms with Crippen molar-refractivity contribution in [2.24, 2.45) is 0 Å². The molecule has 2 rings (SSSR count). The summed E-state index contributed by atoms with van der Waals surface area (Å²) in [5.41, 5.74) is 1.43. The standard InChI is InChI=1S/C18H18O4/c1-3-22-17(19)11-16(18(20)21)12(2)14-9-8-13-6-4-5-7-15(13)10-14/h4-10H,3,11H2,1-2H3,(H,20,21)/b16-12-. The van der Waals surface area contributed by atoms with Crippen molar-refractivity contribution in [3.63, 3.8) is 0 Å². The molecular formula is C18H18O4. The molecule has 0 bridgehead atoms. The van der Waals surface area contributed by atoms with Crippen LogP contribution in [0.3, 0.4) is 0 Å². The Bertz CT molecular complexity index is 744. The van der Waals surface area contributed by atoms with Gasteiger partial charge in [0.2, 0.25) is 0 Å². The second-order valence-corrected chi connectivity index (χ2v) is 4.95. The highest BCUT2D eigenvalue weighted by atomic mass is 16.5. The van der Waals surface area contributed by atoms with Gasteiger partial charge < -0.3 is 9.84 Å².